The van der Waals surface area contributed by atoms with E-state index in [4.69, 9.17) is 5.11 Å². The molecule has 1 rings (SSSR count). The molecule has 1 aromatic carbocycles. The van der Waals surface area contributed by atoms with E-state index in [0.717, 1.165) is 0 Å². The molecule has 0 radical (unpaired) electrons. The molecule has 0 atom stereocenters. The lowest BCUT2D eigenvalue weighted by atomic mass is 10.2. The van der Waals surface area contributed by atoms with E-state index in [-0.39, 0.29) is 5.75 Å². The SMILES string of the molecule is Oc1cc(CF)ccc1Br. The Kier molecular flexibility index (Phi) is 2.27. The number of benzene rings is 1. The Bertz CT molecular complexity index is 237. The van der Waals surface area contributed by atoms with Crippen molar-refractivity contribution in [3.8, 4) is 5.75 Å². The minimum absolute atomic E-state index is 0.0788. The van der Waals surface area contributed by atoms with Gasteiger partial charge in [-0.15, -0.1) is 0 Å². The Morgan fingerprint density at radius 1 is 1.50 bits per heavy atom. The molecule has 3 heteroatoms. The first kappa shape index (κ1) is 7.54. The highest BCUT2D eigenvalue weighted by atomic mass is 79.9. The van der Waals surface area contributed by atoms with Gasteiger partial charge in [0.05, 0.1) is 4.47 Å². The molecule has 0 aromatic heterocycles. The second-order valence-corrected chi connectivity index (χ2v) is 2.77. The van der Waals surface area contributed by atoms with Crippen molar-refractivity contribution in [3.05, 3.63) is 28.2 Å². The van der Waals surface area contributed by atoms with Crippen molar-refractivity contribution in [3.63, 3.8) is 0 Å². The van der Waals surface area contributed by atoms with Crippen LogP contribution in [0.4, 0.5) is 4.39 Å². The first-order chi connectivity index (χ1) is 4.74. The van der Waals surface area contributed by atoms with Crippen LogP contribution in [0.15, 0.2) is 22.7 Å². The third-order valence-electron chi connectivity index (χ3n) is 1.16. The van der Waals surface area contributed by atoms with Crippen LogP contribution in [0.3, 0.4) is 0 Å². The molecule has 0 amide bonds. The number of phenols is 1. The van der Waals surface area contributed by atoms with Crippen LogP contribution >= 0.6 is 15.9 Å². The van der Waals surface area contributed by atoms with Gasteiger partial charge in [-0.3, -0.25) is 0 Å². The Labute approximate surface area is 66.6 Å². The predicted molar refractivity (Wildman–Crippen MR) is 40.6 cm³/mol. The van der Waals surface area contributed by atoms with Gasteiger partial charge in [0.2, 0.25) is 0 Å². The average molecular weight is 205 g/mol. The molecule has 0 saturated carbocycles. The molecule has 0 bridgehead atoms. The van der Waals surface area contributed by atoms with Crippen molar-refractivity contribution < 1.29 is 9.50 Å². The summed E-state index contributed by atoms with van der Waals surface area (Å²) in [7, 11) is 0. The van der Waals surface area contributed by atoms with Gasteiger partial charge in [-0.1, -0.05) is 6.07 Å². The monoisotopic (exact) mass is 204 g/mol. The third-order valence-corrected chi connectivity index (χ3v) is 1.84. The molecule has 0 saturated heterocycles. The van der Waals surface area contributed by atoms with Gasteiger partial charge in [0, 0.05) is 0 Å². The molecule has 0 aliphatic heterocycles. The van der Waals surface area contributed by atoms with E-state index in [0.29, 0.717) is 10.0 Å². The number of aromatic hydroxyl groups is 1. The molecular formula is C7H6BrFO. The van der Waals surface area contributed by atoms with Crippen molar-refractivity contribution >= 4 is 15.9 Å². The lowest BCUT2D eigenvalue weighted by molar-refractivity contribution is 0.460. The first-order valence-electron chi connectivity index (χ1n) is 2.77. The fourth-order valence-corrected chi connectivity index (χ4v) is 0.888. The largest absolute Gasteiger partial charge is 0.507 e. The normalized spacial score (nSPS) is 9.80. The van der Waals surface area contributed by atoms with Gasteiger partial charge < -0.3 is 5.11 Å². The Balaban J connectivity index is 3.04. The summed E-state index contributed by atoms with van der Waals surface area (Å²) in [6, 6.07) is 4.62. The second-order valence-electron chi connectivity index (χ2n) is 1.92. The Morgan fingerprint density at radius 2 is 2.20 bits per heavy atom. The van der Waals surface area contributed by atoms with Crippen molar-refractivity contribution in [1.29, 1.82) is 0 Å². The van der Waals surface area contributed by atoms with Gasteiger partial charge in [-0.25, -0.2) is 4.39 Å². The van der Waals surface area contributed by atoms with Crippen molar-refractivity contribution in [2.45, 2.75) is 6.67 Å². The van der Waals surface area contributed by atoms with Gasteiger partial charge in [0.25, 0.3) is 0 Å². The van der Waals surface area contributed by atoms with Gasteiger partial charge >= 0.3 is 0 Å². The summed E-state index contributed by atoms with van der Waals surface area (Å²) >= 11 is 3.09. The molecule has 0 spiro atoms. The number of hydrogen-bond acceptors (Lipinski definition) is 1. The molecular weight excluding hydrogens is 199 g/mol. The van der Waals surface area contributed by atoms with Crippen LogP contribution in [0.2, 0.25) is 0 Å². The zero-order chi connectivity index (χ0) is 7.56. The lowest BCUT2D eigenvalue weighted by Crippen LogP contribution is -1.77. The maximum absolute atomic E-state index is 11.9. The van der Waals surface area contributed by atoms with E-state index >= 15 is 0 Å². The Morgan fingerprint density at radius 3 is 2.70 bits per heavy atom. The van der Waals surface area contributed by atoms with Crippen LogP contribution in [-0.4, -0.2) is 5.11 Å². The maximum atomic E-state index is 11.9. The molecule has 0 aliphatic carbocycles. The highest BCUT2D eigenvalue weighted by Crippen LogP contribution is 2.24. The van der Waals surface area contributed by atoms with Crippen molar-refractivity contribution in [2.75, 3.05) is 0 Å². The highest BCUT2D eigenvalue weighted by molar-refractivity contribution is 9.10. The number of phenolic OH excluding ortho intramolecular Hbond substituents is 1. The van der Waals surface area contributed by atoms with Crippen LogP contribution in [0.1, 0.15) is 5.56 Å². The molecule has 1 aromatic rings. The fourth-order valence-electron chi connectivity index (χ4n) is 0.641. The van der Waals surface area contributed by atoms with Gasteiger partial charge in [0.15, 0.2) is 0 Å². The van der Waals surface area contributed by atoms with E-state index in [2.05, 4.69) is 15.9 Å². The van der Waals surface area contributed by atoms with Crippen LogP contribution in [-0.2, 0) is 6.67 Å². The van der Waals surface area contributed by atoms with E-state index < -0.39 is 6.67 Å². The summed E-state index contributed by atoms with van der Waals surface area (Å²) in [5, 5.41) is 9.02. The maximum Gasteiger partial charge on any atom is 0.130 e. The summed E-state index contributed by atoms with van der Waals surface area (Å²) < 4.78 is 12.5. The van der Waals surface area contributed by atoms with Gasteiger partial charge in [-0.05, 0) is 33.6 Å². The lowest BCUT2D eigenvalue weighted by Gasteiger charge is -1.97. The zero-order valence-corrected chi connectivity index (χ0v) is 6.73. The first-order valence-corrected chi connectivity index (χ1v) is 3.56. The zero-order valence-electron chi connectivity index (χ0n) is 5.14. The molecule has 54 valence electrons. The van der Waals surface area contributed by atoms with Crippen molar-refractivity contribution in [1.82, 2.24) is 0 Å². The van der Waals surface area contributed by atoms with Crippen LogP contribution in [0.25, 0.3) is 0 Å². The minimum atomic E-state index is -0.541. The Hall–Kier alpha value is -0.570. The second kappa shape index (κ2) is 3.01. The molecule has 0 heterocycles. The number of alkyl halides is 1. The average Bonchev–Trinajstić information content (AvgIpc) is 1.95. The summed E-state index contributed by atoms with van der Waals surface area (Å²) in [6.07, 6.45) is 0. The summed E-state index contributed by atoms with van der Waals surface area (Å²) in [6.45, 7) is -0.541. The quantitative estimate of drug-likeness (QED) is 0.746. The van der Waals surface area contributed by atoms with Gasteiger partial charge in [0.1, 0.15) is 12.4 Å². The standard InChI is InChI=1S/C7H6BrFO/c8-6-2-1-5(4-9)3-7(6)10/h1-3,10H,4H2. The van der Waals surface area contributed by atoms with Gasteiger partial charge in [-0.2, -0.15) is 0 Å². The van der Waals surface area contributed by atoms with Crippen LogP contribution in [0, 0.1) is 0 Å². The fraction of sp³-hybridized carbons (Fsp3) is 0.143. The summed E-state index contributed by atoms with van der Waals surface area (Å²) in [4.78, 5) is 0. The minimum Gasteiger partial charge on any atom is -0.507 e. The molecule has 1 nitrogen and oxygen atoms in total. The number of halogens is 2. The summed E-state index contributed by atoms with van der Waals surface area (Å²) in [5.41, 5.74) is 0.487. The smallest absolute Gasteiger partial charge is 0.130 e. The predicted octanol–water partition coefficient (Wildman–Crippen LogP) is 2.62. The van der Waals surface area contributed by atoms with Crippen LogP contribution in [0.5, 0.6) is 5.75 Å². The number of rotatable bonds is 1. The highest BCUT2D eigenvalue weighted by Gasteiger charge is 1.97. The third kappa shape index (κ3) is 1.48. The van der Waals surface area contributed by atoms with E-state index in [1.807, 2.05) is 0 Å². The molecule has 10 heavy (non-hydrogen) atoms. The van der Waals surface area contributed by atoms with E-state index in [1.54, 1.807) is 12.1 Å². The molecule has 1 N–H and O–H groups in total. The van der Waals surface area contributed by atoms with E-state index in [1.165, 1.54) is 6.07 Å². The van der Waals surface area contributed by atoms with E-state index in [9.17, 15) is 4.39 Å². The molecule has 0 aliphatic rings. The topological polar surface area (TPSA) is 20.2 Å². The van der Waals surface area contributed by atoms with Crippen molar-refractivity contribution in [2.24, 2.45) is 0 Å². The van der Waals surface area contributed by atoms with Crippen LogP contribution < -0.4 is 0 Å². The summed E-state index contributed by atoms with van der Waals surface area (Å²) in [5.74, 6) is 0.0788. The molecule has 0 fully saturated rings. The molecule has 0 unspecified atom stereocenters. The number of hydrogen-bond donors (Lipinski definition) is 1.